The van der Waals surface area contributed by atoms with E-state index in [2.05, 4.69) is 56.7 Å². The Labute approximate surface area is 148 Å². The molecule has 1 unspecified atom stereocenters. The van der Waals surface area contributed by atoms with Gasteiger partial charge in [-0.05, 0) is 43.1 Å². The number of hydrogen-bond acceptors (Lipinski definition) is 4. The Bertz CT molecular complexity index is 712. The summed E-state index contributed by atoms with van der Waals surface area (Å²) < 4.78 is 1.12. The minimum atomic E-state index is 0.0257. The van der Waals surface area contributed by atoms with E-state index in [4.69, 9.17) is 0 Å². The Morgan fingerprint density at radius 1 is 1.52 bits per heavy atom. The maximum atomic E-state index is 12.2. The molecule has 1 aromatic heterocycles. The fourth-order valence-corrected chi connectivity index (χ4v) is 3.66. The molecule has 122 valence electrons. The summed E-state index contributed by atoms with van der Waals surface area (Å²) in [5, 5.41) is 6.85. The van der Waals surface area contributed by atoms with E-state index in [1.165, 1.54) is 11.1 Å². The highest BCUT2D eigenvalue weighted by molar-refractivity contribution is 9.10. The molecule has 1 aliphatic heterocycles. The van der Waals surface area contributed by atoms with Gasteiger partial charge in [0.1, 0.15) is 0 Å². The number of amides is 1. The smallest absolute Gasteiger partial charge is 0.229 e. The second-order valence-electron chi connectivity index (χ2n) is 6.09. The third-order valence-electron chi connectivity index (χ3n) is 4.32. The van der Waals surface area contributed by atoms with Crippen LogP contribution >= 0.6 is 27.3 Å². The van der Waals surface area contributed by atoms with Gasteiger partial charge in [0.15, 0.2) is 5.13 Å². The van der Waals surface area contributed by atoms with Crippen LogP contribution in [0, 0.1) is 18.8 Å². The molecule has 23 heavy (non-hydrogen) atoms. The lowest BCUT2D eigenvalue weighted by Crippen LogP contribution is -2.48. The van der Waals surface area contributed by atoms with Gasteiger partial charge < -0.3 is 10.6 Å². The lowest BCUT2D eigenvalue weighted by Gasteiger charge is -2.31. The van der Waals surface area contributed by atoms with Crippen LogP contribution in [0.15, 0.2) is 28.9 Å². The number of carbonyl (C=O) groups excluding carboxylic acids is 1. The normalized spacial score (nSPS) is 16.0. The minimum Gasteiger partial charge on any atom is -0.316 e. The van der Waals surface area contributed by atoms with Gasteiger partial charge in [0.05, 0.1) is 0 Å². The molecule has 2 N–H and O–H groups in total. The summed E-state index contributed by atoms with van der Waals surface area (Å²) in [6, 6.07) is 6.36. The highest BCUT2D eigenvalue weighted by Gasteiger charge is 2.29. The Hall–Kier alpha value is -1.24. The Morgan fingerprint density at radius 3 is 2.96 bits per heavy atom. The monoisotopic (exact) mass is 393 g/mol. The number of anilines is 1. The van der Waals surface area contributed by atoms with Gasteiger partial charge in [-0.3, -0.25) is 4.79 Å². The first-order valence-corrected chi connectivity index (χ1v) is 9.35. The highest BCUT2D eigenvalue weighted by Crippen LogP contribution is 2.25. The summed E-state index contributed by atoms with van der Waals surface area (Å²) in [5.74, 6) is 0.537. The van der Waals surface area contributed by atoms with E-state index in [1.54, 1.807) is 11.3 Å². The zero-order chi connectivity index (χ0) is 16.4. The van der Waals surface area contributed by atoms with Crippen LogP contribution in [0.5, 0.6) is 0 Å². The summed E-state index contributed by atoms with van der Waals surface area (Å²) in [5.41, 5.74) is 2.48. The standard InChI is InChI=1S/C17H20BrN3OS/c1-10-5-12(3-4-15(10)18)6-14-9-20-17(23-14)21-16(22)11(2)13-7-19-8-13/h3-5,9,11,13,19H,6-8H2,1-2H3,(H,20,21,22). The predicted molar refractivity (Wildman–Crippen MR) is 98.0 cm³/mol. The first kappa shape index (κ1) is 16.6. The number of halogens is 1. The SMILES string of the molecule is Cc1cc(Cc2cnc(NC(=O)C(C)C3CNC3)s2)ccc1Br. The zero-order valence-corrected chi connectivity index (χ0v) is 15.6. The van der Waals surface area contributed by atoms with Gasteiger partial charge in [-0.2, -0.15) is 0 Å². The van der Waals surface area contributed by atoms with Crippen LogP contribution in [0.3, 0.4) is 0 Å². The van der Waals surface area contributed by atoms with E-state index in [1.807, 2.05) is 13.1 Å². The molecular formula is C17H20BrN3OS. The van der Waals surface area contributed by atoms with Crippen LogP contribution in [-0.2, 0) is 11.2 Å². The summed E-state index contributed by atoms with van der Waals surface area (Å²) in [7, 11) is 0. The number of carbonyl (C=O) groups is 1. The molecule has 0 radical (unpaired) electrons. The molecule has 0 saturated carbocycles. The molecule has 3 rings (SSSR count). The molecule has 1 aliphatic rings. The lowest BCUT2D eigenvalue weighted by molar-refractivity contribution is -0.121. The number of nitrogens with zero attached hydrogens (tertiary/aromatic N) is 1. The van der Waals surface area contributed by atoms with Gasteiger partial charge >= 0.3 is 0 Å². The largest absolute Gasteiger partial charge is 0.316 e. The van der Waals surface area contributed by atoms with Crippen LogP contribution in [0.1, 0.15) is 22.9 Å². The summed E-state index contributed by atoms with van der Waals surface area (Å²) >= 11 is 5.07. The fraction of sp³-hybridized carbons (Fsp3) is 0.412. The maximum Gasteiger partial charge on any atom is 0.229 e. The van der Waals surface area contributed by atoms with E-state index in [-0.39, 0.29) is 11.8 Å². The average Bonchev–Trinajstić information content (AvgIpc) is 2.88. The topological polar surface area (TPSA) is 54.0 Å². The van der Waals surface area contributed by atoms with Crippen LogP contribution in [0.25, 0.3) is 0 Å². The van der Waals surface area contributed by atoms with E-state index in [9.17, 15) is 4.79 Å². The number of nitrogens with one attached hydrogen (secondary N) is 2. The summed E-state index contributed by atoms with van der Waals surface area (Å²) in [4.78, 5) is 17.7. The molecule has 1 amide bonds. The number of aromatic nitrogens is 1. The number of thiazole rings is 1. The average molecular weight is 394 g/mol. The Kier molecular flexibility index (Phi) is 5.14. The molecule has 0 spiro atoms. The van der Waals surface area contributed by atoms with E-state index >= 15 is 0 Å². The van der Waals surface area contributed by atoms with Crippen molar-refractivity contribution in [3.63, 3.8) is 0 Å². The van der Waals surface area contributed by atoms with Gasteiger partial charge in [0, 0.05) is 27.9 Å². The van der Waals surface area contributed by atoms with Gasteiger partial charge in [-0.25, -0.2) is 4.98 Å². The van der Waals surface area contributed by atoms with Gasteiger partial charge in [-0.1, -0.05) is 35.0 Å². The molecule has 1 fully saturated rings. The van der Waals surface area contributed by atoms with Crippen molar-refractivity contribution in [1.82, 2.24) is 10.3 Å². The first-order valence-electron chi connectivity index (χ1n) is 7.74. The molecule has 4 nitrogen and oxygen atoms in total. The number of aryl methyl sites for hydroxylation is 1. The van der Waals surface area contributed by atoms with Crippen molar-refractivity contribution in [1.29, 1.82) is 0 Å². The van der Waals surface area contributed by atoms with Crippen molar-refractivity contribution in [3.8, 4) is 0 Å². The second kappa shape index (κ2) is 7.11. The van der Waals surface area contributed by atoms with Crippen molar-refractivity contribution >= 4 is 38.3 Å². The third-order valence-corrected chi connectivity index (χ3v) is 6.12. The first-order chi connectivity index (χ1) is 11.0. The Balaban J connectivity index is 1.61. The quantitative estimate of drug-likeness (QED) is 0.815. The van der Waals surface area contributed by atoms with E-state index in [0.717, 1.165) is 28.9 Å². The Morgan fingerprint density at radius 2 is 2.30 bits per heavy atom. The molecule has 2 heterocycles. The molecule has 1 aromatic carbocycles. The van der Waals surface area contributed by atoms with Crippen LogP contribution in [0.4, 0.5) is 5.13 Å². The van der Waals surface area contributed by atoms with Crippen molar-refractivity contribution in [2.24, 2.45) is 11.8 Å². The lowest BCUT2D eigenvalue weighted by atomic mass is 9.88. The molecule has 0 aliphatic carbocycles. The van der Waals surface area contributed by atoms with Crippen LogP contribution in [-0.4, -0.2) is 24.0 Å². The van der Waals surface area contributed by atoms with Crippen molar-refractivity contribution in [2.45, 2.75) is 20.3 Å². The van der Waals surface area contributed by atoms with Gasteiger partial charge in [0.25, 0.3) is 0 Å². The summed E-state index contributed by atoms with van der Waals surface area (Å²) in [6.07, 6.45) is 2.69. The molecule has 0 bridgehead atoms. The van der Waals surface area contributed by atoms with Crippen LogP contribution in [0.2, 0.25) is 0 Å². The van der Waals surface area contributed by atoms with Gasteiger partial charge in [-0.15, -0.1) is 11.3 Å². The minimum absolute atomic E-state index is 0.0257. The molecule has 2 aromatic rings. The van der Waals surface area contributed by atoms with Crippen molar-refractivity contribution in [2.75, 3.05) is 18.4 Å². The zero-order valence-electron chi connectivity index (χ0n) is 13.2. The van der Waals surface area contributed by atoms with Gasteiger partial charge in [0.2, 0.25) is 5.91 Å². The van der Waals surface area contributed by atoms with E-state index < -0.39 is 0 Å². The highest BCUT2D eigenvalue weighted by atomic mass is 79.9. The molecular weight excluding hydrogens is 374 g/mol. The third kappa shape index (κ3) is 4.00. The fourth-order valence-electron chi connectivity index (χ4n) is 2.56. The molecule has 1 atom stereocenters. The number of hydrogen-bond donors (Lipinski definition) is 2. The summed E-state index contributed by atoms with van der Waals surface area (Å²) in [6.45, 7) is 5.93. The van der Waals surface area contributed by atoms with Crippen molar-refractivity contribution in [3.05, 3.63) is 44.9 Å². The van der Waals surface area contributed by atoms with Crippen LogP contribution < -0.4 is 10.6 Å². The predicted octanol–water partition coefficient (Wildman–Crippen LogP) is 3.60. The molecule has 1 saturated heterocycles. The van der Waals surface area contributed by atoms with E-state index in [0.29, 0.717) is 11.0 Å². The molecule has 6 heteroatoms. The maximum absolute atomic E-state index is 12.2. The number of benzene rings is 1. The van der Waals surface area contributed by atoms with Crippen molar-refractivity contribution < 1.29 is 4.79 Å². The number of rotatable bonds is 5. The second-order valence-corrected chi connectivity index (χ2v) is 8.06.